The Morgan fingerprint density at radius 2 is 1.93 bits per heavy atom. The molecule has 8 heteroatoms. The van der Waals surface area contributed by atoms with Crippen LogP contribution in [0.25, 0.3) is 0 Å². The number of nitrogens with zero attached hydrogens (tertiary/aromatic N) is 3. The van der Waals surface area contributed by atoms with Crippen LogP contribution >= 0.6 is 24.0 Å². The molecule has 1 aromatic heterocycles. The van der Waals surface area contributed by atoms with Crippen LogP contribution in [0.5, 0.6) is 0 Å². The summed E-state index contributed by atoms with van der Waals surface area (Å²) < 4.78 is 10.9. The third-order valence-electron chi connectivity index (χ3n) is 4.63. The van der Waals surface area contributed by atoms with E-state index in [1.165, 1.54) is 0 Å². The van der Waals surface area contributed by atoms with E-state index in [-0.39, 0.29) is 24.0 Å². The smallest absolute Gasteiger partial charge is 0.191 e. The molecule has 1 aromatic rings. The molecule has 1 saturated heterocycles. The summed E-state index contributed by atoms with van der Waals surface area (Å²) in [6.07, 6.45) is 1.16. The van der Waals surface area contributed by atoms with Gasteiger partial charge in [0, 0.05) is 38.8 Å². The first-order valence-corrected chi connectivity index (χ1v) is 9.71. The lowest BCUT2D eigenvalue weighted by atomic mass is 10.0. The minimum absolute atomic E-state index is 0. The van der Waals surface area contributed by atoms with Crippen molar-refractivity contribution in [2.45, 2.75) is 52.6 Å². The van der Waals surface area contributed by atoms with Gasteiger partial charge >= 0.3 is 0 Å². The molecular formula is C19H36IN5O2. The van der Waals surface area contributed by atoms with E-state index in [1.807, 2.05) is 6.07 Å². The lowest BCUT2D eigenvalue weighted by Crippen LogP contribution is -2.50. The van der Waals surface area contributed by atoms with Crippen molar-refractivity contribution in [3.63, 3.8) is 0 Å². The predicted octanol–water partition coefficient (Wildman–Crippen LogP) is 2.83. The average Bonchev–Trinajstić information content (AvgIpc) is 3.10. The van der Waals surface area contributed by atoms with Gasteiger partial charge in [-0.3, -0.25) is 9.89 Å². The van der Waals surface area contributed by atoms with Crippen LogP contribution < -0.4 is 10.6 Å². The van der Waals surface area contributed by atoms with Gasteiger partial charge in [-0.2, -0.15) is 0 Å². The highest BCUT2D eigenvalue weighted by Gasteiger charge is 2.22. The number of rotatable bonds is 8. The lowest BCUT2D eigenvalue weighted by molar-refractivity contribution is 0.0132. The van der Waals surface area contributed by atoms with Crippen molar-refractivity contribution >= 4 is 29.9 Å². The second-order valence-corrected chi connectivity index (χ2v) is 7.61. The predicted molar refractivity (Wildman–Crippen MR) is 120 cm³/mol. The maximum Gasteiger partial charge on any atom is 0.191 e. The van der Waals surface area contributed by atoms with Gasteiger partial charge in [0.05, 0.1) is 25.5 Å². The molecule has 0 saturated carbocycles. The first-order chi connectivity index (χ1) is 12.5. The van der Waals surface area contributed by atoms with Crippen molar-refractivity contribution in [3.05, 3.63) is 17.5 Å². The topological polar surface area (TPSA) is 74.9 Å². The second-order valence-electron chi connectivity index (χ2n) is 7.61. The highest BCUT2D eigenvalue weighted by Crippen LogP contribution is 2.14. The van der Waals surface area contributed by atoms with Crippen LogP contribution in [0.15, 0.2) is 15.6 Å². The summed E-state index contributed by atoms with van der Waals surface area (Å²) in [5.74, 6) is 2.64. The summed E-state index contributed by atoms with van der Waals surface area (Å²) >= 11 is 0. The first kappa shape index (κ1) is 24.2. The van der Waals surface area contributed by atoms with Crippen molar-refractivity contribution in [2.24, 2.45) is 10.9 Å². The molecule has 2 N–H and O–H groups in total. The maximum atomic E-state index is 5.49. The summed E-state index contributed by atoms with van der Waals surface area (Å²) in [5.41, 5.74) is 0.981. The Balaban J connectivity index is 0.00000364. The molecule has 1 aliphatic heterocycles. The van der Waals surface area contributed by atoms with Crippen molar-refractivity contribution in [1.29, 1.82) is 0 Å². The largest absolute Gasteiger partial charge is 0.379 e. The SMILES string of the molecule is CN=C(NCc1cc(C(C)C)no1)NCC(CC(C)C)N1CCOCC1.I. The Morgan fingerprint density at radius 3 is 2.48 bits per heavy atom. The summed E-state index contributed by atoms with van der Waals surface area (Å²) in [6, 6.07) is 2.48. The van der Waals surface area contributed by atoms with Crippen molar-refractivity contribution in [2.75, 3.05) is 39.9 Å². The van der Waals surface area contributed by atoms with Gasteiger partial charge in [-0.1, -0.05) is 32.9 Å². The maximum absolute atomic E-state index is 5.49. The van der Waals surface area contributed by atoms with E-state index >= 15 is 0 Å². The van der Waals surface area contributed by atoms with Gasteiger partial charge in [0.1, 0.15) is 0 Å². The molecule has 7 nitrogen and oxygen atoms in total. The van der Waals surface area contributed by atoms with E-state index in [0.29, 0.717) is 24.4 Å². The molecule has 1 fully saturated rings. The molecule has 0 radical (unpaired) electrons. The van der Waals surface area contributed by atoms with Crippen LogP contribution in [0.3, 0.4) is 0 Å². The number of hydrogen-bond acceptors (Lipinski definition) is 5. The van der Waals surface area contributed by atoms with E-state index in [4.69, 9.17) is 9.26 Å². The monoisotopic (exact) mass is 493 g/mol. The molecule has 0 aliphatic carbocycles. The number of morpholine rings is 1. The van der Waals surface area contributed by atoms with E-state index in [0.717, 1.165) is 56.7 Å². The Morgan fingerprint density at radius 1 is 1.22 bits per heavy atom. The van der Waals surface area contributed by atoms with E-state index in [2.05, 4.69) is 53.4 Å². The summed E-state index contributed by atoms with van der Waals surface area (Å²) in [4.78, 5) is 6.85. The molecule has 0 spiro atoms. The zero-order valence-corrected chi connectivity index (χ0v) is 19.7. The van der Waals surface area contributed by atoms with Crippen molar-refractivity contribution < 1.29 is 9.26 Å². The lowest BCUT2D eigenvalue weighted by Gasteiger charge is -2.35. The fourth-order valence-corrected chi connectivity index (χ4v) is 3.14. The van der Waals surface area contributed by atoms with E-state index in [1.54, 1.807) is 7.05 Å². The van der Waals surface area contributed by atoms with Gasteiger partial charge in [-0.05, 0) is 18.3 Å². The average molecular weight is 493 g/mol. The van der Waals surface area contributed by atoms with Crippen LogP contribution in [-0.2, 0) is 11.3 Å². The number of nitrogens with one attached hydrogen (secondary N) is 2. The molecule has 0 aromatic carbocycles. The number of aromatic nitrogens is 1. The van der Waals surface area contributed by atoms with Crippen LogP contribution in [0, 0.1) is 5.92 Å². The van der Waals surface area contributed by atoms with Gasteiger partial charge in [0.2, 0.25) is 0 Å². The van der Waals surface area contributed by atoms with Crippen LogP contribution in [-0.4, -0.2) is 62.0 Å². The number of guanidine groups is 1. The summed E-state index contributed by atoms with van der Waals surface area (Å²) in [5, 5.41) is 10.9. The molecule has 2 heterocycles. The fraction of sp³-hybridized carbons (Fsp3) is 0.789. The highest BCUT2D eigenvalue weighted by molar-refractivity contribution is 14.0. The summed E-state index contributed by atoms with van der Waals surface area (Å²) in [6.45, 7) is 13.9. The third kappa shape index (κ3) is 8.35. The van der Waals surface area contributed by atoms with Gasteiger partial charge in [-0.15, -0.1) is 24.0 Å². The number of halogens is 1. The fourth-order valence-electron chi connectivity index (χ4n) is 3.14. The quantitative estimate of drug-likeness (QED) is 0.330. The molecule has 1 atom stereocenters. The van der Waals surface area contributed by atoms with E-state index in [9.17, 15) is 0 Å². The molecule has 0 bridgehead atoms. The Bertz CT molecular complexity index is 556. The molecule has 1 aliphatic rings. The minimum atomic E-state index is 0. The third-order valence-corrected chi connectivity index (χ3v) is 4.63. The molecule has 0 amide bonds. The van der Waals surface area contributed by atoms with Crippen LogP contribution in [0.1, 0.15) is 51.5 Å². The van der Waals surface area contributed by atoms with Gasteiger partial charge in [-0.25, -0.2) is 0 Å². The minimum Gasteiger partial charge on any atom is -0.379 e. The molecular weight excluding hydrogens is 457 g/mol. The van der Waals surface area contributed by atoms with Crippen LogP contribution in [0.4, 0.5) is 0 Å². The molecule has 2 rings (SSSR count). The second kappa shape index (κ2) is 12.6. The number of aliphatic imine (C=N–C) groups is 1. The molecule has 27 heavy (non-hydrogen) atoms. The van der Waals surface area contributed by atoms with Gasteiger partial charge in [0.15, 0.2) is 11.7 Å². The van der Waals surface area contributed by atoms with Crippen LogP contribution in [0.2, 0.25) is 0 Å². The van der Waals surface area contributed by atoms with Crippen molar-refractivity contribution in [3.8, 4) is 0 Å². The zero-order chi connectivity index (χ0) is 18.9. The number of ether oxygens (including phenoxy) is 1. The standard InChI is InChI=1S/C19H35N5O2.HI/c1-14(2)10-16(24-6-8-25-9-7-24)12-21-19(20-5)22-13-17-11-18(15(3)4)23-26-17;/h11,14-16H,6-10,12-13H2,1-5H3,(H2,20,21,22);1H. The normalized spacial score (nSPS) is 17.1. The summed E-state index contributed by atoms with van der Waals surface area (Å²) in [7, 11) is 1.79. The first-order valence-electron chi connectivity index (χ1n) is 9.71. The Kier molecular flexibility index (Phi) is 11.2. The van der Waals surface area contributed by atoms with Crippen molar-refractivity contribution in [1.82, 2.24) is 20.7 Å². The number of hydrogen-bond donors (Lipinski definition) is 2. The highest BCUT2D eigenvalue weighted by atomic mass is 127. The van der Waals surface area contributed by atoms with Gasteiger partial charge < -0.3 is 19.9 Å². The van der Waals surface area contributed by atoms with Gasteiger partial charge in [0.25, 0.3) is 0 Å². The Hall–Kier alpha value is -0.870. The molecule has 156 valence electrons. The van der Waals surface area contributed by atoms with E-state index < -0.39 is 0 Å². The Labute approximate surface area is 180 Å². The molecule has 1 unspecified atom stereocenters. The zero-order valence-electron chi connectivity index (χ0n) is 17.3.